The van der Waals surface area contributed by atoms with Crippen LogP contribution >= 0.6 is 23.2 Å². The molecule has 0 unspecified atom stereocenters. The Morgan fingerprint density at radius 1 is 1.10 bits per heavy atom. The fourth-order valence-corrected chi connectivity index (χ4v) is 3.95. The zero-order chi connectivity index (χ0) is 15.2. The van der Waals surface area contributed by atoms with Gasteiger partial charge in [-0.2, -0.15) is 8.42 Å². The second-order valence-corrected chi connectivity index (χ2v) is 7.08. The summed E-state index contributed by atoms with van der Waals surface area (Å²) < 4.78 is 26.2. The van der Waals surface area contributed by atoms with Gasteiger partial charge in [0.2, 0.25) is 0 Å². The summed E-state index contributed by atoms with van der Waals surface area (Å²) in [6, 6.07) is 9.40. The van der Waals surface area contributed by atoms with Gasteiger partial charge in [-0.15, -0.1) is 9.19 Å². The molecule has 0 atom stereocenters. The van der Waals surface area contributed by atoms with Crippen LogP contribution in [0.4, 0.5) is 0 Å². The number of hydrogen-bond donors (Lipinski definition) is 0. The van der Waals surface area contributed by atoms with Crippen molar-refractivity contribution in [3.05, 3.63) is 52.0 Å². The second-order valence-electron chi connectivity index (χ2n) is 4.50. The van der Waals surface area contributed by atoms with Crippen molar-refractivity contribution in [1.82, 2.24) is 14.4 Å². The van der Waals surface area contributed by atoms with Gasteiger partial charge in [0, 0.05) is 5.02 Å². The summed E-state index contributed by atoms with van der Waals surface area (Å²) in [6.07, 6.45) is 0. The smallest absolute Gasteiger partial charge is 0.199 e. The second kappa shape index (κ2) is 4.98. The van der Waals surface area contributed by atoms with Gasteiger partial charge in [-0.1, -0.05) is 34.5 Å². The molecule has 3 rings (SSSR count). The van der Waals surface area contributed by atoms with E-state index in [1.165, 1.54) is 18.2 Å². The highest BCUT2D eigenvalue weighted by molar-refractivity contribution is 7.90. The first-order chi connectivity index (χ1) is 9.89. The van der Waals surface area contributed by atoms with Crippen molar-refractivity contribution in [3.63, 3.8) is 0 Å². The SMILES string of the molecule is Cc1ccc2c(c1)nnn2S(=O)(=O)c1ccc(Cl)cc1Cl. The van der Waals surface area contributed by atoms with E-state index in [4.69, 9.17) is 23.2 Å². The van der Waals surface area contributed by atoms with Crippen LogP contribution in [0.25, 0.3) is 11.0 Å². The van der Waals surface area contributed by atoms with Crippen molar-refractivity contribution < 1.29 is 8.42 Å². The lowest BCUT2D eigenvalue weighted by molar-refractivity contribution is 0.579. The molecule has 0 radical (unpaired) electrons. The Morgan fingerprint density at radius 3 is 2.57 bits per heavy atom. The van der Waals surface area contributed by atoms with Gasteiger partial charge in [0.05, 0.1) is 5.02 Å². The first-order valence-corrected chi connectivity index (χ1v) is 8.12. The highest BCUT2D eigenvalue weighted by atomic mass is 35.5. The van der Waals surface area contributed by atoms with Gasteiger partial charge in [-0.25, -0.2) is 0 Å². The summed E-state index contributed by atoms with van der Waals surface area (Å²) in [6.45, 7) is 1.89. The molecule has 0 aliphatic heterocycles. The third kappa shape index (κ3) is 2.39. The van der Waals surface area contributed by atoms with E-state index in [0.717, 1.165) is 9.65 Å². The standard InChI is InChI=1S/C13H9Cl2N3O2S/c1-8-2-4-12-11(6-8)16-17-18(12)21(19,20)13-5-3-9(14)7-10(13)15/h2-7H,1H3. The normalized spacial score (nSPS) is 12.0. The number of hydrogen-bond acceptors (Lipinski definition) is 4. The van der Waals surface area contributed by atoms with Crippen LogP contribution in [0.15, 0.2) is 41.3 Å². The van der Waals surface area contributed by atoms with Crippen molar-refractivity contribution in [2.75, 3.05) is 0 Å². The van der Waals surface area contributed by atoms with Gasteiger partial charge in [-0.3, -0.25) is 0 Å². The first kappa shape index (κ1) is 14.3. The molecule has 0 spiro atoms. The minimum absolute atomic E-state index is 0.0401. The summed E-state index contributed by atoms with van der Waals surface area (Å²) in [5, 5.41) is 8.02. The molecule has 0 aliphatic carbocycles. The van der Waals surface area contributed by atoms with E-state index in [0.29, 0.717) is 16.1 Å². The molecule has 0 saturated heterocycles. The molecule has 8 heteroatoms. The molecule has 3 aromatic rings. The zero-order valence-corrected chi connectivity index (χ0v) is 13.1. The van der Waals surface area contributed by atoms with Crippen LogP contribution in [-0.2, 0) is 10.0 Å². The van der Waals surface area contributed by atoms with Crippen molar-refractivity contribution >= 4 is 44.3 Å². The lowest BCUT2D eigenvalue weighted by Gasteiger charge is -2.07. The molecule has 0 saturated carbocycles. The fourth-order valence-electron chi connectivity index (χ4n) is 1.97. The van der Waals surface area contributed by atoms with Crippen molar-refractivity contribution in [3.8, 4) is 0 Å². The number of halogens is 2. The number of fused-ring (bicyclic) bond motifs is 1. The number of nitrogens with zero attached hydrogens (tertiary/aromatic N) is 3. The van der Waals surface area contributed by atoms with Crippen LogP contribution in [0.3, 0.4) is 0 Å². The topological polar surface area (TPSA) is 64.8 Å². The molecule has 0 fully saturated rings. The summed E-state index contributed by atoms with van der Waals surface area (Å²) in [7, 11) is -3.93. The van der Waals surface area contributed by atoms with Crippen LogP contribution in [0.1, 0.15) is 5.56 Å². The fraction of sp³-hybridized carbons (Fsp3) is 0.0769. The Labute approximate surface area is 131 Å². The predicted molar refractivity (Wildman–Crippen MR) is 81.3 cm³/mol. The van der Waals surface area contributed by atoms with Crippen LogP contribution in [0.2, 0.25) is 10.0 Å². The Kier molecular flexibility index (Phi) is 3.39. The molecule has 21 heavy (non-hydrogen) atoms. The molecular formula is C13H9Cl2N3O2S. The van der Waals surface area contributed by atoms with Crippen molar-refractivity contribution in [1.29, 1.82) is 0 Å². The molecule has 0 N–H and O–H groups in total. The number of benzene rings is 2. The summed E-state index contributed by atoms with van der Waals surface area (Å²) in [5.74, 6) is 0. The van der Waals surface area contributed by atoms with Gasteiger partial charge >= 0.3 is 0 Å². The molecule has 0 amide bonds. The molecule has 108 valence electrons. The number of rotatable bonds is 2. The van der Waals surface area contributed by atoms with E-state index in [1.54, 1.807) is 18.2 Å². The molecule has 0 bridgehead atoms. The Hall–Kier alpha value is -1.63. The van der Waals surface area contributed by atoms with Gasteiger partial charge in [0.1, 0.15) is 15.9 Å². The van der Waals surface area contributed by atoms with Crippen LogP contribution < -0.4 is 0 Å². The predicted octanol–water partition coefficient (Wildman–Crippen LogP) is 3.28. The average molecular weight is 342 g/mol. The minimum atomic E-state index is -3.93. The maximum Gasteiger partial charge on any atom is 0.286 e. The molecule has 1 heterocycles. The van der Waals surface area contributed by atoms with Gasteiger partial charge in [-0.05, 0) is 42.8 Å². The highest BCUT2D eigenvalue weighted by Crippen LogP contribution is 2.27. The van der Waals surface area contributed by atoms with E-state index in [1.807, 2.05) is 6.92 Å². The van der Waals surface area contributed by atoms with E-state index >= 15 is 0 Å². The summed E-state index contributed by atoms with van der Waals surface area (Å²) >= 11 is 11.8. The van der Waals surface area contributed by atoms with Crippen molar-refractivity contribution in [2.45, 2.75) is 11.8 Å². The van der Waals surface area contributed by atoms with Crippen molar-refractivity contribution in [2.24, 2.45) is 0 Å². The first-order valence-electron chi connectivity index (χ1n) is 5.92. The minimum Gasteiger partial charge on any atom is -0.199 e. The lowest BCUT2D eigenvalue weighted by Crippen LogP contribution is -2.15. The monoisotopic (exact) mass is 341 g/mol. The number of aryl methyl sites for hydroxylation is 1. The average Bonchev–Trinajstić information content (AvgIpc) is 2.81. The van der Waals surface area contributed by atoms with E-state index < -0.39 is 10.0 Å². The maximum atomic E-state index is 12.7. The van der Waals surface area contributed by atoms with E-state index in [2.05, 4.69) is 10.3 Å². The quantitative estimate of drug-likeness (QED) is 0.717. The maximum absolute atomic E-state index is 12.7. The molecule has 0 aliphatic rings. The Balaban J connectivity index is 2.25. The zero-order valence-electron chi connectivity index (χ0n) is 10.8. The summed E-state index contributed by atoms with van der Waals surface area (Å²) in [5.41, 5.74) is 1.87. The van der Waals surface area contributed by atoms with E-state index in [-0.39, 0.29) is 9.92 Å². The number of aromatic nitrogens is 3. The van der Waals surface area contributed by atoms with Crippen LogP contribution in [0, 0.1) is 6.92 Å². The molecular weight excluding hydrogens is 333 g/mol. The highest BCUT2D eigenvalue weighted by Gasteiger charge is 2.24. The lowest BCUT2D eigenvalue weighted by atomic mass is 10.2. The molecule has 5 nitrogen and oxygen atoms in total. The Morgan fingerprint density at radius 2 is 1.86 bits per heavy atom. The van der Waals surface area contributed by atoms with Gasteiger partial charge in [0.25, 0.3) is 10.0 Å². The van der Waals surface area contributed by atoms with Crippen LogP contribution in [-0.4, -0.2) is 22.8 Å². The third-order valence-corrected chi connectivity index (χ3v) is 5.27. The third-order valence-electron chi connectivity index (χ3n) is 2.97. The van der Waals surface area contributed by atoms with Gasteiger partial charge in [0.15, 0.2) is 0 Å². The molecule has 1 aromatic heterocycles. The Bertz CT molecular complexity index is 951. The van der Waals surface area contributed by atoms with Gasteiger partial charge < -0.3 is 0 Å². The van der Waals surface area contributed by atoms with E-state index in [9.17, 15) is 8.42 Å². The largest absolute Gasteiger partial charge is 0.286 e. The molecule has 2 aromatic carbocycles. The van der Waals surface area contributed by atoms with Crippen LogP contribution in [0.5, 0.6) is 0 Å². The summed E-state index contributed by atoms with van der Waals surface area (Å²) in [4.78, 5) is -0.0686.